The number of nitrogens with one attached hydrogen (secondary N) is 1. The molecule has 0 aromatic heterocycles. The lowest BCUT2D eigenvalue weighted by molar-refractivity contribution is 0.245. The predicted octanol–water partition coefficient (Wildman–Crippen LogP) is 3.18. The van der Waals surface area contributed by atoms with Crippen LogP contribution in [0.1, 0.15) is 19.4 Å². The number of rotatable bonds is 2. The molecule has 0 atom stereocenters. The molecule has 1 heterocycles. The van der Waals surface area contributed by atoms with Gasteiger partial charge in [-0.05, 0) is 29.7 Å². The molecule has 0 unspecified atom stereocenters. The highest BCUT2D eigenvalue weighted by Crippen LogP contribution is 2.25. The van der Waals surface area contributed by atoms with Crippen LogP contribution in [-0.4, -0.2) is 18.1 Å². The Morgan fingerprint density at radius 2 is 2.27 bits per heavy atom. The van der Waals surface area contributed by atoms with Gasteiger partial charge in [0.2, 0.25) is 0 Å². The number of hydrogen-bond acceptors (Lipinski definition) is 2. The van der Waals surface area contributed by atoms with Crippen LogP contribution < -0.4 is 5.32 Å². The molecule has 1 aliphatic rings. The van der Waals surface area contributed by atoms with Crippen LogP contribution in [0.3, 0.4) is 0 Å². The van der Waals surface area contributed by atoms with Crippen molar-refractivity contribution in [1.82, 2.24) is 4.90 Å². The highest BCUT2D eigenvalue weighted by atomic mass is 35.5. The average Bonchev–Trinajstić information content (AvgIpc) is 2.16. The van der Waals surface area contributed by atoms with Gasteiger partial charge in [-0.25, -0.2) is 0 Å². The minimum absolute atomic E-state index is 0.701. The fourth-order valence-corrected chi connectivity index (χ4v) is 2.20. The summed E-state index contributed by atoms with van der Waals surface area (Å²) in [6, 6.07) is 6.05. The molecule has 0 bridgehead atoms. The summed E-state index contributed by atoms with van der Waals surface area (Å²) in [5.74, 6) is 0.701. The van der Waals surface area contributed by atoms with Crippen molar-refractivity contribution >= 4 is 17.3 Å². The molecule has 3 heteroatoms. The van der Waals surface area contributed by atoms with Gasteiger partial charge in [-0.15, -0.1) is 0 Å². The van der Waals surface area contributed by atoms with Gasteiger partial charge >= 0.3 is 0 Å². The Kier molecular flexibility index (Phi) is 3.17. The largest absolute Gasteiger partial charge is 0.372 e. The third-order valence-electron chi connectivity index (χ3n) is 2.58. The second kappa shape index (κ2) is 4.42. The maximum Gasteiger partial charge on any atom is 0.0681 e. The first kappa shape index (κ1) is 10.8. The SMILES string of the molecule is CC(C)CN1CNc2ccc(Cl)cc2C1. The summed E-state index contributed by atoms with van der Waals surface area (Å²) < 4.78 is 0. The predicted molar refractivity (Wildman–Crippen MR) is 65.2 cm³/mol. The van der Waals surface area contributed by atoms with E-state index in [0.717, 1.165) is 24.8 Å². The van der Waals surface area contributed by atoms with Crippen LogP contribution in [0, 0.1) is 5.92 Å². The smallest absolute Gasteiger partial charge is 0.0681 e. The summed E-state index contributed by atoms with van der Waals surface area (Å²) in [4.78, 5) is 2.41. The van der Waals surface area contributed by atoms with Crippen molar-refractivity contribution in [2.24, 2.45) is 5.92 Å². The molecular formula is C12H17ClN2. The maximum absolute atomic E-state index is 5.98. The molecule has 2 nitrogen and oxygen atoms in total. The Balaban J connectivity index is 2.11. The Labute approximate surface area is 96.2 Å². The first-order valence-corrected chi connectivity index (χ1v) is 5.77. The van der Waals surface area contributed by atoms with E-state index in [0.29, 0.717) is 5.92 Å². The zero-order chi connectivity index (χ0) is 10.8. The molecule has 0 fully saturated rings. The van der Waals surface area contributed by atoms with E-state index in [-0.39, 0.29) is 0 Å². The highest BCUT2D eigenvalue weighted by Gasteiger charge is 2.16. The van der Waals surface area contributed by atoms with E-state index in [9.17, 15) is 0 Å². The van der Waals surface area contributed by atoms with Gasteiger partial charge in [-0.2, -0.15) is 0 Å². The third kappa shape index (κ3) is 2.64. The molecule has 0 radical (unpaired) electrons. The van der Waals surface area contributed by atoms with E-state index in [1.54, 1.807) is 0 Å². The molecule has 1 aliphatic heterocycles. The normalized spacial score (nSPS) is 16.3. The number of anilines is 1. The molecule has 1 aromatic carbocycles. The number of nitrogens with zero attached hydrogens (tertiary/aromatic N) is 1. The highest BCUT2D eigenvalue weighted by molar-refractivity contribution is 6.30. The van der Waals surface area contributed by atoms with E-state index in [4.69, 9.17) is 11.6 Å². The van der Waals surface area contributed by atoms with Crippen LogP contribution >= 0.6 is 11.6 Å². The van der Waals surface area contributed by atoms with E-state index in [1.165, 1.54) is 11.3 Å². The molecule has 15 heavy (non-hydrogen) atoms. The fraction of sp³-hybridized carbons (Fsp3) is 0.500. The minimum atomic E-state index is 0.701. The van der Waals surface area contributed by atoms with Crippen LogP contribution in [0.5, 0.6) is 0 Å². The first-order chi connectivity index (χ1) is 7.15. The maximum atomic E-state index is 5.98. The Bertz CT molecular complexity index is 349. The van der Waals surface area contributed by atoms with Crippen molar-refractivity contribution in [2.45, 2.75) is 20.4 Å². The summed E-state index contributed by atoms with van der Waals surface area (Å²) in [5.41, 5.74) is 2.52. The molecule has 82 valence electrons. The topological polar surface area (TPSA) is 15.3 Å². The van der Waals surface area contributed by atoms with Gasteiger partial charge in [0.15, 0.2) is 0 Å². The number of halogens is 1. The number of fused-ring (bicyclic) bond motifs is 1. The van der Waals surface area contributed by atoms with Gasteiger partial charge in [0.25, 0.3) is 0 Å². The van der Waals surface area contributed by atoms with E-state index in [1.807, 2.05) is 6.07 Å². The lowest BCUT2D eigenvalue weighted by Crippen LogP contribution is -2.36. The quantitative estimate of drug-likeness (QED) is 0.830. The Morgan fingerprint density at radius 1 is 1.47 bits per heavy atom. The molecule has 2 rings (SSSR count). The second-order valence-electron chi connectivity index (χ2n) is 4.54. The van der Waals surface area contributed by atoms with E-state index >= 15 is 0 Å². The van der Waals surface area contributed by atoms with Gasteiger partial charge < -0.3 is 5.32 Å². The van der Waals surface area contributed by atoms with Gasteiger partial charge in [0.1, 0.15) is 0 Å². The Hall–Kier alpha value is -0.730. The molecule has 0 aliphatic carbocycles. The van der Waals surface area contributed by atoms with Crippen molar-refractivity contribution in [1.29, 1.82) is 0 Å². The number of benzene rings is 1. The van der Waals surface area contributed by atoms with E-state index < -0.39 is 0 Å². The molecule has 1 aromatic rings. The van der Waals surface area contributed by atoms with Crippen LogP contribution in [0.4, 0.5) is 5.69 Å². The van der Waals surface area contributed by atoms with Gasteiger partial charge in [-0.1, -0.05) is 25.4 Å². The van der Waals surface area contributed by atoms with Crippen LogP contribution in [-0.2, 0) is 6.54 Å². The lowest BCUT2D eigenvalue weighted by atomic mass is 10.1. The zero-order valence-corrected chi connectivity index (χ0v) is 10.0. The molecule has 0 saturated heterocycles. The van der Waals surface area contributed by atoms with Crippen molar-refractivity contribution in [3.63, 3.8) is 0 Å². The van der Waals surface area contributed by atoms with Gasteiger partial charge in [0, 0.05) is 23.8 Å². The third-order valence-corrected chi connectivity index (χ3v) is 2.81. The van der Waals surface area contributed by atoms with Crippen molar-refractivity contribution in [3.8, 4) is 0 Å². The summed E-state index contributed by atoms with van der Waals surface area (Å²) in [6.07, 6.45) is 0. The monoisotopic (exact) mass is 224 g/mol. The second-order valence-corrected chi connectivity index (χ2v) is 4.98. The van der Waals surface area contributed by atoms with Crippen LogP contribution in [0.25, 0.3) is 0 Å². The van der Waals surface area contributed by atoms with Crippen molar-refractivity contribution in [3.05, 3.63) is 28.8 Å². The minimum Gasteiger partial charge on any atom is -0.372 e. The van der Waals surface area contributed by atoms with Crippen LogP contribution in [0.2, 0.25) is 5.02 Å². The van der Waals surface area contributed by atoms with Crippen molar-refractivity contribution in [2.75, 3.05) is 18.5 Å². The summed E-state index contributed by atoms with van der Waals surface area (Å²) in [6.45, 7) is 7.55. The first-order valence-electron chi connectivity index (χ1n) is 5.40. The van der Waals surface area contributed by atoms with Crippen molar-refractivity contribution < 1.29 is 0 Å². The Morgan fingerprint density at radius 3 is 3.00 bits per heavy atom. The summed E-state index contributed by atoms with van der Waals surface area (Å²) >= 11 is 5.98. The summed E-state index contributed by atoms with van der Waals surface area (Å²) in [7, 11) is 0. The number of hydrogen-bond donors (Lipinski definition) is 1. The van der Waals surface area contributed by atoms with E-state index in [2.05, 4.69) is 36.2 Å². The molecular weight excluding hydrogens is 208 g/mol. The van der Waals surface area contributed by atoms with Gasteiger partial charge in [0.05, 0.1) is 6.67 Å². The summed E-state index contributed by atoms with van der Waals surface area (Å²) in [5, 5.41) is 4.23. The average molecular weight is 225 g/mol. The standard InChI is InChI=1S/C12H17ClN2/c1-9(2)6-15-7-10-5-11(13)3-4-12(10)14-8-15/h3-5,9,14H,6-8H2,1-2H3. The van der Waals surface area contributed by atoms with Crippen LogP contribution in [0.15, 0.2) is 18.2 Å². The molecule has 1 N–H and O–H groups in total. The lowest BCUT2D eigenvalue weighted by Gasteiger charge is -2.31. The molecule has 0 amide bonds. The fourth-order valence-electron chi connectivity index (χ4n) is 2.00. The molecule has 0 spiro atoms. The van der Waals surface area contributed by atoms with Gasteiger partial charge in [-0.3, -0.25) is 4.90 Å². The molecule has 0 saturated carbocycles. The zero-order valence-electron chi connectivity index (χ0n) is 9.26.